The van der Waals surface area contributed by atoms with Crippen LogP contribution in [-0.2, 0) is 0 Å². The van der Waals surface area contributed by atoms with Gasteiger partial charge in [-0.15, -0.1) is 0 Å². The van der Waals surface area contributed by atoms with E-state index in [1.807, 2.05) is 0 Å². The van der Waals surface area contributed by atoms with Gasteiger partial charge in [0.15, 0.2) is 11.6 Å². The van der Waals surface area contributed by atoms with Gasteiger partial charge in [-0.3, -0.25) is 9.59 Å². The SMILES string of the molecule is O=C1c2cccc(O)c2C(=O)C2C3C=CC(CC3)C12. The van der Waals surface area contributed by atoms with Gasteiger partial charge in [0.2, 0.25) is 0 Å². The highest BCUT2D eigenvalue weighted by Gasteiger charge is 2.52. The number of phenols is 1. The Bertz CT molecular complexity index is 629. The van der Waals surface area contributed by atoms with Crippen molar-refractivity contribution in [3.63, 3.8) is 0 Å². The molecule has 19 heavy (non-hydrogen) atoms. The van der Waals surface area contributed by atoms with Crippen LogP contribution in [0.3, 0.4) is 0 Å². The molecule has 4 aliphatic rings. The highest BCUT2D eigenvalue weighted by molar-refractivity contribution is 6.17. The lowest BCUT2D eigenvalue weighted by molar-refractivity contribution is 0.0517. The molecule has 1 aromatic carbocycles. The Kier molecular flexibility index (Phi) is 2.06. The van der Waals surface area contributed by atoms with Gasteiger partial charge < -0.3 is 5.11 Å². The van der Waals surface area contributed by atoms with Gasteiger partial charge in [-0.05, 0) is 30.7 Å². The molecule has 3 nitrogen and oxygen atoms in total. The van der Waals surface area contributed by atoms with Gasteiger partial charge in [0.1, 0.15) is 5.75 Å². The fraction of sp³-hybridized carbons (Fsp3) is 0.375. The largest absolute Gasteiger partial charge is 0.507 e. The quantitative estimate of drug-likeness (QED) is 0.724. The van der Waals surface area contributed by atoms with E-state index in [1.165, 1.54) is 6.07 Å². The van der Waals surface area contributed by atoms with Crippen LogP contribution in [0.4, 0.5) is 0 Å². The highest BCUT2D eigenvalue weighted by atomic mass is 16.3. The van der Waals surface area contributed by atoms with Crippen molar-refractivity contribution < 1.29 is 14.7 Å². The van der Waals surface area contributed by atoms with Gasteiger partial charge in [0.25, 0.3) is 0 Å². The van der Waals surface area contributed by atoms with Crippen LogP contribution in [0.2, 0.25) is 0 Å². The minimum absolute atomic E-state index is 0.0366. The average molecular weight is 254 g/mol. The third-order valence-corrected chi connectivity index (χ3v) is 4.91. The van der Waals surface area contributed by atoms with Gasteiger partial charge in [-0.2, -0.15) is 0 Å². The number of ketones is 2. The van der Waals surface area contributed by atoms with Crippen LogP contribution in [-0.4, -0.2) is 16.7 Å². The molecule has 2 bridgehead atoms. The molecule has 0 heterocycles. The molecule has 0 saturated heterocycles. The summed E-state index contributed by atoms with van der Waals surface area (Å²) in [5.41, 5.74) is 0.655. The van der Waals surface area contributed by atoms with E-state index in [1.54, 1.807) is 12.1 Å². The van der Waals surface area contributed by atoms with Crippen molar-refractivity contribution in [3.05, 3.63) is 41.5 Å². The van der Waals surface area contributed by atoms with Crippen molar-refractivity contribution in [1.82, 2.24) is 0 Å². The van der Waals surface area contributed by atoms with E-state index in [0.717, 1.165) is 12.8 Å². The number of hydrogen-bond acceptors (Lipinski definition) is 3. The number of fused-ring (bicyclic) bond motifs is 2. The first-order valence-electron chi connectivity index (χ1n) is 6.77. The van der Waals surface area contributed by atoms with Crippen LogP contribution < -0.4 is 0 Å². The fourth-order valence-corrected chi connectivity index (χ4v) is 4.06. The Morgan fingerprint density at radius 1 is 0.947 bits per heavy atom. The van der Waals surface area contributed by atoms with Gasteiger partial charge in [-0.25, -0.2) is 0 Å². The molecule has 4 aliphatic carbocycles. The predicted molar refractivity (Wildman–Crippen MR) is 69.1 cm³/mol. The second-order valence-electron chi connectivity index (χ2n) is 5.77. The lowest BCUT2D eigenvalue weighted by atomic mass is 9.56. The van der Waals surface area contributed by atoms with Crippen molar-refractivity contribution in [2.24, 2.45) is 23.7 Å². The van der Waals surface area contributed by atoms with Crippen molar-refractivity contribution in [2.45, 2.75) is 12.8 Å². The van der Waals surface area contributed by atoms with E-state index < -0.39 is 0 Å². The van der Waals surface area contributed by atoms with Gasteiger partial charge in [0, 0.05) is 17.4 Å². The van der Waals surface area contributed by atoms with Crippen LogP contribution in [0.5, 0.6) is 5.75 Å². The Labute approximate surface area is 110 Å². The zero-order chi connectivity index (χ0) is 13.1. The first-order chi connectivity index (χ1) is 9.18. The van der Waals surface area contributed by atoms with E-state index in [2.05, 4.69) is 12.2 Å². The molecule has 0 aromatic heterocycles. The number of Topliss-reactive ketones (excluding diaryl/α,β-unsaturated/α-hetero) is 2. The first-order valence-corrected chi connectivity index (χ1v) is 6.77. The summed E-state index contributed by atoms with van der Waals surface area (Å²) in [6.45, 7) is 0. The minimum Gasteiger partial charge on any atom is -0.507 e. The predicted octanol–water partition coefficient (Wildman–Crippen LogP) is 2.60. The number of hydrogen-bond donors (Lipinski definition) is 1. The standard InChI is InChI=1S/C16H14O3/c17-11-3-1-2-10-14(11)16(19)13-9-6-4-8(5-7-9)12(13)15(10)18/h1-4,6,8-9,12-13,17H,5,7H2. The summed E-state index contributed by atoms with van der Waals surface area (Å²) in [6.07, 6.45) is 6.17. The normalized spacial score (nSPS) is 35.2. The Morgan fingerprint density at radius 3 is 2.21 bits per heavy atom. The van der Waals surface area contributed by atoms with Crippen molar-refractivity contribution in [3.8, 4) is 5.75 Å². The van der Waals surface area contributed by atoms with Gasteiger partial charge in [0.05, 0.1) is 5.56 Å². The molecule has 0 aliphatic heterocycles. The zero-order valence-electron chi connectivity index (χ0n) is 10.4. The maximum absolute atomic E-state index is 12.7. The molecular formula is C16H14O3. The van der Waals surface area contributed by atoms with Crippen LogP contribution in [0, 0.1) is 23.7 Å². The lowest BCUT2D eigenvalue weighted by Gasteiger charge is -2.45. The monoisotopic (exact) mass is 254 g/mol. The second kappa shape index (κ2) is 3.56. The maximum Gasteiger partial charge on any atom is 0.171 e. The number of allylic oxidation sites excluding steroid dienone is 2. The van der Waals surface area contributed by atoms with E-state index in [9.17, 15) is 14.7 Å². The number of benzene rings is 1. The number of phenolic OH excluding ortho intramolecular Hbond substituents is 1. The Balaban J connectivity index is 1.95. The molecule has 0 amide bonds. The topological polar surface area (TPSA) is 54.4 Å². The van der Waals surface area contributed by atoms with Crippen molar-refractivity contribution >= 4 is 11.6 Å². The summed E-state index contributed by atoms with van der Waals surface area (Å²) in [4.78, 5) is 25.3. The first kappa shape index (κ1) is 11.0. The third kappa shape index (κ3) is 1.28. The molecule has 96 valence electrons. The van der Waals surface area contributed by atoms with Crippen molar-refractivity contribution in [1.29, 1.82) is 0 Å². The summed E-state index contributed by atoms with van der Waals surface area (Å²) in [5.74, 6) is -0.158. The number of carbonyl (C=O) groups is 2. The number of rotatable bonds is 0. The van der Waals surface area contributed by atoms with E-state index in [-0.39, 0.29) is 46.6 Å². The smallest absolute Gasteiger partial charge is 0.171 e. The number of aromatic hydroxyl groups is 1. The number of carbonyl (C=O) groups excluding carboxylic acids is 2. The molecule has 5 rings (SSSR count). The molecule has 1 fully saturated rings. The summed E-state index contributed by atoms with van der Waals surface area (Å²) >= 11 is 0. The molecular weight excluding hydrogens is 240 g/mol. The summed E-state index contributed by atoms with van der Waals surface area (Å²) in [7, 11) is 0. The zero-order valence-corrected chi connectivity index (χ0v) is 10.4. The van der Waals surface area contributed by atoms with Crippen LogP contribution in [0.15, 0.2) is 30.4 Å². The summed E-state index contributed by atoms with van der Waals surface area (Å²) in [5, 5.41) is 9.91. The fourth-order valence-electron chi connectivity index (χ4n) is 4.06. The van der Waals surface area contributed by atoms with Gasteiger partial charge in [-0.1, -0.05) is 24.3 Å². The second-order valence-corrected chi connectivity index (χ2v) is 5.77. The minimum atomic E-state index is -0.253. The Morgan fingerprint density at radius 2 is 1.58 bits per heavy atom. The molecule has 4 unspecified atom stereocenters. The molecule has 4 atom stereocenters. The highest BCUT2D eigenvalue weighted by Crippen LogP contribution is 2.50. The maximum atomic E-state index is 12.7. The van der Waals surface area contributed by atoms with E-state index in [4.69, 9.17) is 0 Å². The van der Waals surface area contributed by atoms with E-state index >= 15 is 0 Å². The van der Waals surface area contributed by atoms with E-state index in [0.29, 0.717) is 5.56 Å². The van der Waals surface area contributed by atoms with Gasteiger partial charge >= 0.3 is 0 Å². The third-order valence-electron chi connectivity index (χ3n) is 4.91. The molecule has 1 N–H and O–H groups in total. The molecule has 1 saturated carbocycles. The van der Waals surface area contributed by atoms with Crippen LogP contribution >= 0.6 is 0 Å². The van der Waals surface area contributed by atoms with Crippen molar-refractivity contribution in [2.75, 3.05) is 0 Å². The van der Waals surface area contributed by atoms with Crippen LogP contribution in [0.1, 0.15) is 33.6 Å². The molecule has 0 radical (unpaired) electrons. The summed E-state index contributed by atoms with van der Waals surface area (Å²) in [6, 6.07) is 4.79. The Hall–Kier alpha value is -1.90. The summed E-state index contributed by atoms with van der Waals surface area (Å²) < 4.78 is 0. The average Bonchev–Trinajstić information content (AvgIpc) is 2.45. The lowest BCUT2D eigenvalue weighted by Crippen LogP contribution is -2.48. The van der Waals surface area contributed by atoms with Crippen LogP contribution in [0.25, 0.3) is 0 Å². The molecule has 3 heteroatoms. The molecule has 0 spiro atoms. The molecule has 1 aromatic rings.